The van der Waals surface area contributed by atoms with E-state index in [1.165, 1.54) is 29.8 Å². The van der Waals surface area contributed by atoms with Gasteiger partial charge in [-0.3, -0.25) is 0 Å². The molecule has 0 spiro atoms. The van der Waals surface area contributed by atoms with E-state index in [1.54, 1.807) is 0 Å². The Labute approximate surface area is 109 Å². The number of aryl methyl sites for hydroxylation is 1. The lowest BCUT2D eigenvalue weighted by Crippen LogP contribution is -2.00. The number of carbonyl (C=O) groups excluding carboxylic acids is 1. The van der Waals surface area contributed by atoms with Gasteiger partial charge in [-0.25, -0.2) is 9.78 Å². The summed E-state index contributed by atoms with van der Waals surface area (Å²) in [5.74, 6) is -0.306. The number of halogens is 1. The van der Waals surface area contributed by atoms with Gasteiger partial charge in [0.15, 0.2) is 0 Å². The monoisotopic (exact) mass is 317 g/mol. The molecule has 2 aromatic heterocycles. The molecule has 6 heteroatoms. The van der Waals surface area contributed by atoms with Gasteiger partial charge in [-0.05, 0) is 33.8 Å². The van der Waals surface area contributed by atoms with Crippen LogP contribution in [0, 0.1) is 6.92 Å². The molecule has 0 unspecified atom stereocenters. The maximum absolute atomic E-state index is 11.6. The van der Waals surface area contributed by atoms with E-state index in [4.69, 9.17) is 4.74 Å². The Kier molecular flexibility index (Phi) is 3.41. The first-order valence-electron chi connectivity index (χ1n) is 4.41. The Balaban J connectivity index is 2.55. The van der Waals surface area contributed by atoms with Crippen molar-refractivity contribution in [3.05, 3.63) is 25.8 Å². The molecule has 0 aromatic carbocycles. The van der Waals surface area contributed by atoms with Crippen molar-refractivity contribution in [1.82, 2.24) is 4.98 Å². The Morgan fingerprint density at radius 2 is 2.19 bits per heavy atom. The highest BCUT2D eigenvalue weighted by Crippen LogP contribution is 2.35. The second-order valence-electron chi connectivity index (χ2n) is 3.09. The largest absolute Gasteiger partial charge is 0.465 e. The number of hydrogen-bond acceptors (Lipinski definition) is 5. The second-order valence-corrected chi connectivity index (χ2v) is 5.64. The second kappa shape index (κ2) is 4.65. The van der Waals surface area contributed by atoms with Gasteiger partial charge in [-0.2, -0.15) is 0 Å². The number of esters is 1. The minimum absolute atomic E-state index is 0.306. The Bertz CT molecular complexity index is 533. The number of methoxy groups -OCH3 is 1. The van der Waals surface area contributed by atoms with Crippen molar-refractivity contribution in [3.63, 3.8) is 0 Å². The molecule has 0 atom stereocenters. The number of ether oxygens (including phenoxy) is 1. The number of hydrogen-bond donors (Lipinski definition) is 0. The first-order valence-corrected chi connectivity index (χ1v) is 6.96. The number of rotatable bonds is 2. The molecule has 0 fully saturated rings. The molecule has 84 valence electrons. The molecular weight excluding hydrogens is 310 g/mol. The van der Waals surface area contributed by atoms with Crippen molar-refractivity contribution in [3.8, 4) is 10.6 Å². The van der Waals surface area contributed by atoms with E-state index >= 15 is 0 Å². The van der Waals surface area contributed by atoms with E-state index in [2.05, 4.69) is 20.9 Å². The van der Waals surface area contributed by atoms with Crippen LogP contribution in [0.2, 0.25) is 0 Å². The van der Waals surface area contributed by atoms with Crippen LogP contribution in [0.25, 0.3) is 10.6 Å². The number of thiophene rings is 1. The fraction of sp³-hybridized carbons (Fsp3) is 0.200. The fourth-order valence-electron chi connectivity index (χ4n) is 1.32. The molecular formula is C10H8BrNO2S2. The van der Waals surface area contributed by atoms with Crippen molar-refractivity contribution in [2.45, 2.75) is 6.92 Å². The maximum Gasteiger partial charge on any atom is 0.348 e. The topological polar surface area (TPSA) is 39.2 Å². The summed E-state index contributed by atoms with van der Waals surface area (Å²) in [6.07, 6.45) is 0. The standard InChI is InChI=1S/C10H8BrNO2S2/c1-5-3-15-8(10(13)14-2)7(5)9-12-6(11)4-16-9/h3-4H,1-2H3. The number of thiazole rings is 1. The van der Waals surface area contributed by atoms with E-state index in [9.17, 15) is 4.79 Å². The molecule has 16 heavy (non-hydrogen) atoms. The lowest BCUT2D eigenvalue weighted by atomic mass is 10.2. The minimum atomic E-state index is -0.306. The van der Waals surface area contributed by atoms with Gasteiger partial charge < -0.3 is 4.74 Å². The minimum Gasteiger partial charge on any atom is -0.465 e. The first kappa shape index (κ1) is 11.8. The van der Waals surface area contributed by atoms with Crippen molar-refractivity contribution in [2.75, 3.05) is 7.11 Å². The van der Waals surface area contributed by atoms with Crippen molar-refractivity contribution >= 4 is 44.6 Å². The summed E-state index contributed by atoms with van der Waals surface area (Å²) >= 11 is 6.20. The zero-order valence-corrected chi connectivity index (χ0v) is 11.8. The van der Waals surface area contributed by atoms with Crippen LogP contribution in [0.3, 0.4) is 0 Å². The van der Waals surface area contributed by atoms with E-state index < -0.39 is 0 Å². The van der Waals surface area contributed by atoms with E-state index in [0.29, 0.717) is 4.88 Å². The van der Waals surface area contributed by atoms with Gasteiger partial charge in [-0.1, -0.05) is 0 Å². The van der Waals surface area contributed by atoms with E-state index in [1.807, 2.05) is 17.7 Å². The molecule has 0 aliphatic heterocycles. The molecule has 0 N–H and O–H groups in total. The predicted octanol–water partition coefficient (Wildman–Crippen LogP) is 3.73. The van der Waals surface area contributed by atoms with Crippen LogP contribution >= 0.6 is 38.6 Å². The molecule has 0 aliphatic rings. The third kappa shape index (κ3) is 2.05. The Morgan fingerprint density at radius 1 is 1.44 bits per heavy atom. The highest BCUT2D eigenvalue weighted by Gasteiger charge is 2.20. The van der Waals surface area contributed by atoms with Gasteiger partial charge >= 0.3 is 5.97 Å². The Morgan fingerprint density at radius 3 is 2.75 bits per heavy atom. The maximum atomic E-state index is 11.6. The number of carbonyl (C=O) groups is 1. The third-order valence-corrected chi connectivity index (χ3v) is 4.68. The molecule has 0 saturated carbocycles. The molecule has 2 heterocycles. The summed E-state index contributed by atoms with van der Waals surface area (Å²) in [4.78, 5) is 16.5. The average Bonchev–Trinajstić information content (AvgIpc) is 2.83. The van der Waals surface area contributed by atoms with Gasteiger partial charge in [0.2, 0.25) is 0 Å². The molecule has 3 nitrogen and oxygen atoms in total. The van der Waals surface area contributed by atoms with Crippen LogP contribution < -0.4 is 0 Å². The SMILES string of the molecule is COC(=O)c1scc(C)c1-c1nc(Br)cs1. The summed E-state index contributed by atoms with van der Waals surface area (Å²) in [6.45, 7) is 1.97. The molecule has 0 aliphatic carbocycles. The molecule has 0 bridgehead atoms. The Hall–Kier alpha value is -0.720. The van der Waals surface area contributed by atoms with Crippen LogP contribution in [0.15, 0.2) is 15.4 Å². The van der Waals surface area contributed by atoms with Gasteiger partial charge in [0.25, 0.3) is 0 Å². The van der Waals surface area contributed by atoms with Crippen molar-refractivity contribution in [2.24, 2.45) is 0 Å². The zero-order chi connectivity index (χ0) is 11.7. The number of nitrogens with zero attached hydrogens (tertiary/aromatic N) is 1. The molecule has 2 aromatic rings. The summed E-state index contributed by atoms with van der Waals surface area (Å²) in [5, 5.41) is 4.68. The molecule has 0 amide bonds. The van der Waals surface area contributed by atoms with Gasteiger partial charge in [0.1, 0.15) is 14.5 Å². The molecule has 2 rings (SSSR count). The number of aromatic nitrogens is 1. The highest BCUT2D eigenvalue weighted by atomic mass is 79.9. The smallest absolute Gasteiger partial charge is 0.348 e. The van der Waals surface area contributed by atoms with Crippen molar-refractivity contribution in [1.29, 1.82) is 0 Å². The predicted molar refractivity (Wildman–Crippen MR) is 69.2 cm³/mol. The van der Waals surface area contributed by atoms with Crippen LogP contribution in [0.5, 0.6) is 0 Å². The lowest BCUT2D eigenvalue weighted by molar-refractivity contribution is 0.0607. The first-order chi connectivity index (χ1) is 7.63. The van der Waals surface area contributed by atoms with Gasteiger partial charge in [0, 0.05) is 10.9 Å². The summed E-state index contributed by atoms with van der Waals surface area (Å²) < 4.78 is 5.54. The molecule has 0 saturated heterocycles. The van der Waals surface area contributed by atoms with Crippen LogP contribution in [0.1, 0.15) is 15.2 Å². The fourth-order valence-corrected chi connectivity index (χ4v) is 3.72. The van der Waals surface area contributed by atoms with Gasteiger partial charge in [-0.15, -0.1) is 22.7 Å². The van der Waals surface area contributed by atoms with Crippen molar-refractivity contribution < 1.29 is 9.53 Å². The summed E-state index contributed by atoms with van der Waals surface area (Å²) in [6, 6.07) is 0. The zero-order valence-electron chi connectivity index (χ0n) is 8.61. The quantitative estimate of drug-likeness (QED) is 0.792. The normalized spacial score (nSPS) is 10.4. The third-order valence-electron chi connectivity index (χ3n) is 2.04. The average molecular weight is 318 g/mol. The van der Waals surface area contributed by atoms with E-state index in [-0.39, 0.29) is 5.97 Å². The van der Waals surface area contributed by atoms with Crippen LogP contribution in [-0.2, 0) is 4.74 Å². The molecule has 0 radical (unpaired) electrons. The lowest BCUT2D eigenvalue weighted by Gasteiger charge is -2.00. The van der Waals surface area contributed by atoms with E-state index in [0.717, 1.165) is 20.7 Å². The van der Waals surface area contributed by atoms with Crippen LogP contribution in [-0.4, -0.2) is 18.1 Å². The highest BCUT2D eigenvalue weighted by molar-refractivity contribution is 9.10. The summed E-state index contributed by atoms with van der Waals surface area (Å²) in [5.41, 5.74) is 1.93. The summed E-state index contributed by atoms with van der Waals surface area (Å²) in [7, 11) is 1.39. The van der Waals surface area contributed by atoms with Crippen LogP contribution in [0.4, 0.5) is 0 Å². The van der Waals surface area contributed by atoms with Gasteiger partial charge in [0.05, 0.1) is 7.11 Å².